The van der Waals surface area contributed by atoms with E-state index in [2.05, 4.69) is 22.4 Å². The molecule has 9 heteroatoms. The third kappa shape index (κ3) is 5.78. The number of ether oxygens (including phenoxy) is 2. The van der Waals surface area contributed by atoms with E-state index in [1.54, 1.807) is 25.4 Å². The fraction of sp³-hybridized carbons (Fsp3) is 0.481. The molecule has 1 amide bonds. The van der Waals surface area contributed by atoms with E-state index in [4.69, 9.17) is 9.47 Å². The number of aromatic nitrogens is 2. The van der Waals surface area contributed by atoms with Crippen molar-refractivity contribution < 1.29 is 14.3 Å². The summed E-state index contributed by atoms with van der Waals surface area (Å²) in [5.41, 5.74) is 4.24. The number of hydrogen-bond acceptors (Lipinski definition) is 7. The number of benzene rings is 1. The van der Waals surface area contributed by atoms with Crippen LogP contribution in [-0.4, -0.2) is 35.4 Å². The highest BCUT2D eigenvalue weighted by Gasteiger charge is 2.23. The van der Waals surface area contributed by atoms with E-state index in [0.717, 1.165) is 54.5 Å². The van der Waals surface area contributed by atoms with Gasteiger partial charge in [-0.25, -0.2) is 10.4 Å². The maximum Gasteiger partial charge on any atom is 0.263 e. The number of aryl methyl sites for hydroxylation is 2. The van der Waals surface area contributed by atoms with Crippen LogP contribution < -0.4 is 20.5 Å². The predicted octanol–water partition coefficient (Wildman–Crippen LogP) is 5.02. The fourth-order valence-corrected chi connectivity index (χ4v) is 5.64. The highest BCUT2D eigenvalue weighted by Crippen LogP contribution is 2.33. The van der Waals surface area contributed by atoms with Crippen LogP contribution in [0.5, 0.6) is 11.5 Å². The molecule has 1 aliphatic rings. The molecule has 1 aromatic carbocycles. The predicted molar refractivity (Wildman–Crippen MR) is 144 cm³/mol. The Morgan fingerprint density at radius 3 is 2.89 bits per heavy atom. The van der Waals surface area contributed by atoms with Crippen LogP contribution in [0.3, 0.4) is 0 Å². The number of nitrogens with one attached hydrogen (secondary N) is 1. The quantitative estimate of drug-likeness (QED) is 0.222. The van der Waals surface area contributed by atoms with Crippen LogP contribution in [0.25, 0.3) is 10.2 Å². The van der Waals surface area contributed by atoms with Crippen molar-refractivity contribution in [1.29, 1.82) is 0 Å². The Kier molecular flexibility index (Phi) is 8.74. The highest BCUT2D eigenvalue weighted by atomic mass is 32.1. The monoisotopic (exact) mass is 510 g/mol. The van der Waals surface area contributed by atoms with Gasteiger partial charge in [-0.15, -0.1) is 11.3 Å². The minimum Gasteiger partial charge on any atom is -0.493 e. The van der Waals surface area contributed by atoms with Crippen LogP contribution in [0.1, 0.15) is 74.4 Å². The normalized spacial score (nSPS) is 14.1. The molecule has 192 valence electrons. The summed E-state index contributed by atoms with van der Waals surface area (Å²) in [5, 5.41) is 4.75. The number of amides is 1. The molecule has 0 unspecified atom stereocenters. The first-order chi connectivity index (χ1) is 17.5. The zero-order chi connectivity index (χ0) is 25.5. The first-order valence-corrected chi connectivity index (χ1v) is 13.5. The van der Waals surface area contributed by atoms with Gasteiger partial charge in [0, 0.05) is 4.88 Å². The molecule has 2 heterocycles. The largest absolute Gasteiger partial charge is 0.493 e. The van der Waals surface area contributed by atoms with Crippen molar-refractivity contribution in [3.63, 3.8) is 0 Å². The molecule has 4 rings (SSSR count). The molecule has 0 bridgehead atoms. The van der Waals surface area contributed by atoms with Gasteiger partial charge < -0.3 is 9.47 Å². The Hall–Kier alpha value is -3.20. The van der Waals surface area contributed by atoms with E-state index in [1.807, 2.05) is 18.2 Å². The summed E-state index contributed by atoms with van der Waals surface area (Å²) < 4.78 is 12.7. The molecule has 8 nitrogen and oxygen atoms in total. The number of hydrogen-bond donors (Lipinski definition) is 1. The van der Waals surface area contributed by atoms with Gasteiger partial charge in [0.1, 0.15) is 10.9 Å². The van der Waals surface area contributed by atoms with Crippen molar-refractivity contribution in [2.24, 2.45) is 5.10 Å². The van der Waals surface area contributed by atoms with Gasteiger partial charge in [-0.2, -0.15) is 5.10 Å². The second-order valence-electron chi connectivity index (χ2n) is 9.08. The van der Waals surface area contributed by atoms with Crippen LogP contribution in [0.2, 0.25) is 0 Å². The standard InChI is InChI=1S/C27H34N4O4S/c1-4-5-6-9-14-35-21-13-12-19(15-22(21)34-3)16-29-30-25(32)18(2)31-17-28-26-24(27(31)33)20-10-7-8-11-23(20)36-26/h12-13,15-18H,4-11,14H2,1-3H3,(H,30,32)/t18-/m0/s1. The molecule has 3 aromatic rings. The average Bonchev–Trinajstić information content (AvgIpc) is 3.28. The Bertz CT molecular complexity index is 1300. The van der Waals surface area contributed by atoms with Gasteiger partial charge in [-0.1, -0.05) is 26.2 Å². The number of carbonyl (C=O) groups is 1. The number of unbranched alkanes of at least 4 members (excludes halogenated alkanes) is 3. The summed E-state index contributed by atoms with van der Waals surface area (Å²) in [7, 11) is 1.59. The first-order valence-electron chi connectivity index (χ1n) is 12.7. The lowest BCUT2D eigenvalue weighted by Crippen LogP contribution is -2.34. The maximum atomic E-state index is 13.2. The summed E-state index contributed by atoms with van der Waals surface area (Å²) in [5.74, 6) is 0.901. The van der Waals surface area contributed by atoms with Crippen LogP contribution in [0.15, 0.2) is 34.4 Å². The lowest BCUT2D eigenvalue weighted by Gasteiger charge is -2.14. The van der Waals surface area contributed by atoms with Gasteiger partial charge in [0.2, 0.25) is 0 Å². The second kappa shape index (κ2) is 12.2. The molecule has 1 aliphatic carbocycles. The van der Waals surface area contributed by atoms with Gasteiger partial charge in [0.05, 0.1) is 31.6 Å². The second-order valence-corrected chi connectivity index (χ2v) is 10.2. The molecular formula is C27H34N4O4S. The van der Waals surface area contributed by atoms with E-state index >= 15 is 0 Å². The van der Waals surface area contributed by atoms with Gasteiger partial charge in [-0.3, -0.25) is 14.2 Å². The molecule has 0 saturated carbocycles. The summed E-state index contributed by atoms with van der Waals surface area (Å²) in [6.45, 7) is 4.50. The van der Waals surface area contributed by atoms with Gasteiger partial charge in [0.25, 0.3) is 11.5 Å². The number of nitrogens with zero attached hydrogens (tertiary/aromatic N) is 3. The molecule has 0 spiro atoms. The minimum atomic E-state index is -0.747. The van der Waals surface area contributed by atoms with Crippen molar-refractivity contribution in [3.8, 4) is 11.5 Å². The summed E-state index contributed by atoms with van der Waals surface area (Å²) in [6, 6.07) is 4.75. The van der Waals surface area contributed by atoms with Crippen LogP contribution >= 0.6 is 11.3 Å². The molecule has 2 aromatic heterocycles. The van der Waals surface area contributed by atoms with Crippen molar-refractivity contribution in [2.75, 3.05) is 13.7 Å². The van der Waals surface area contributed by atoms with Crippen molar-refractivity contribution >= 4 is 33.7 Å². The smallest absolute Gasteiger partial charge is 0.263 e. The summed E-state index contributed by atoms with van der Waals surface area (Å²) >= 11 is 1.60. The molecule has 1 atom stereocenters. The first kappa shape index (κ1) is 25.9. The van der Waals surface area contributed by atoms with Crippen molar-refractivity contribution in [3.05, 3.63) is 50.9 Å². The van der Waals surface area contributed by atoms with Gasteiger partial charge >= 0.3 is 0 Å². The van der Waals surface area contributed by atoms with E-state index in [1.165, 1.54) is 34.8 Å². The lowest BCUT2D eigenvalue weighted by atomic mass is 9.97. The number of methoxy groups -OCH3 is 1. The highest BCUT2D eigenvalue weighted by molar-refractivity contribution is 7.18. The summed E-state index contributed by atoms with van der Waals surface area (Å²) in [4.78, 5) is 32.5. The van der Waals surface area contributed by atoms with Crippen LogP contribution in [0.4, 0.5) is 0 Å². The van der Waals surface area contributed by atoms with Crippen LogP contribution in [-0.2, 0) is 17.6 Å². The number of fused-ring (bicyclic) bond motifs is 3. The molecular weight excluding hydrogens is 476 g/mol. The molecule has 0 saturated heterocycles. The van der Waals surface area contributed by atoms with Crippen molar-refractivity contribution in [2.45, 2.75) is 71.3 Å². The third-order valence-corrected chi connectivity index (χ3v) is 7.73. The van der Waals surface area contributed by atoms with Crippen molar-refractivity contribution in [1.82, 2.24) is 15.0 Å². The number of thiophene rings is 1. The number of hydrazone groups is 1. The molecule has 0 radical (unpaired) electrons. The molecule has 36 heavy (non-hydrogen) atoms. The Morgan fingerprint density at radius 1 is 1.25 bits per heavy atom. The molecule has 1 N–H and O–H groups in total. The van der Waals surface area contributed by atoms with E-state index in [9.17, 15) is 9.59 Å². The third-order valence-electron chi connectivity index (χ3n) is 6.53. The lowest BCUT2D eigenvalue weighted by molar-refractivity contribution is -0.123. The topological polar surface area (TPSA) is 94.8 Å². The Labute approximate surface area is 215 Å². The zero-order valence-corrected chi connectivity index (χ0v) is 22.0. The Morgan fingerprint density at radius 2 is 2.08 bits per heavy atom. The number of carbonyl (C=O) groups excluding carboxylic acids is 1. The average molecular weight is 511 g/mol. The SMILES string of the molecule is CCCCCCOc1ccc(C=NNC(=O)[C@H](C)n2cnc3sc4c(c3c2=O)CCCC4)cc1OC. The van der Waals surface area contributed by atoms with E-state index < -0.39 is 11.9 Å². The number of rotatable bonds is 11. The minimum absolute atomic E-state index is 0.166. The van der Waals surface area contributed by atoms with Crippen LogP contribution in [0, 0.1) is 0 Å². The maximum absolute atomic E-state index is 13.2. The summed E-state index contributed by atoms with van der Waals surface area (Å²) in [6.07, 6.45) is 11.7. The van der Waals surface area contributed by atoms with Gasteiger partial charge in [0.15, 0.2) is 11.5 Å². The van der Waals surface area contributed by atoms with E-state index in [-0.39, 0.29) is 5.56 Å². The van der Waals surface area contributed by atoms with Gasteiger partial charge in [-0.05, 0) is 68.4 Å². The molecule has 0 fully saturated rings. The zero-order valence-electron chi connectivity index (χ0n) is 21.2. The van der Waals surface area contributed by atoms with E-state index in [0.29, 0.717) is 23.5 Å². The Balaban J connectivity index is 1.40. The molecule has 0 aliphatic heterocycles. The fourth-order valence-electron chi connectivity index (χ4n) is 4.42.